The first kappa shape index (κ1) is 38.8. The highest BCUT2D eigenvalue weighted by atomic mass is 16.6. The molecule has 0 radical (unpaired) electrons. The van der Waals surface area contributed by atoms with Gasteiger partial charge in [0.2, 0.25) is 5.91 Å². The molecule has 2 bridgehead atoms. The number of likely N-dealkylation sites (tertiary alicyclic amines) is 1. The number of oxime groups is 1. The van der Waals surface area contributed by atoms with Crippen LogP contribution in [0.2, 0.25) is 0 Å². The molecule has 4 aliphatic rings. The number of carbonyl (C=O) groups is 3. The number of hydrogen-bond acceptors (Lipinski definition) is 9. The number of hydrogen-bond donors (Lipinski definition) is 3. The highest BCUT2D eigenvalue weighted by Gasteiger charge is 2.72. The van der Waals surface area contributed by atoms with E-state index in [1.807, 2.05) is 79.0 Å². The molecule has 2 aliphatic heterocycles. The van der Waals surface area contributed by atoms with Gasteiger partial charge in [0.25, 0.3) is 5.91 Å². The number of methoxy groups -OCH3 is 1. The van der Waals surface area contributed by atoms with Crippen LogP contribution in [0.1, 0.15) is 72.0 Å². The number of rotatable bonds is 15. The van der Waals surface area contributed by atoms with Crippen molar-refractivity contribution in [2.24, 2.45) is 5.16 Å². The second-order valence-corrected chi connectivity index (χ2v) is 16.5. The minimum Gasteiger partial charge on any atom is -0.493 e. The lowest BCUT2D eigenvalue weighted by Gasteiger charge is -2.62. The predicted molar refractivity (Wildman–Crippen MR) is 225 cm³/mol. The number of nitrogens with zero attached hydrogens (tertiary/aromatic N) is 3. The van der Waals surface area contributed by atoms with Crippen molar-refractivity contribution in [3.8, 4) is 11.5 Å². The Labute approximate surface area is 343 Å². The zero-order valence-electron chi connectivity index (χ0n) is 33.7. The molecule has 1 spiro atoms. The summed E-state index contributed by atoms with van der Waals surface area (Å²) in [5, 5.41) is 25.4. The molecule has 3 N–H and O–H groups in total. The highest BCUT2D eigenvalue weighted by Crippen LogP contribution is 2.64. The smallest absolute Gasteiger partial charge is 0.260 e. The third kappa shape index (κ3) is 6.62. The maximum atomic E-state index is 13.8. The topological polar surface area (TPSA) is 144 Å². The molecule has 3 heterocycles. The van der Waals surface area contributed by atoms with Crippen LogP contribution in [0.25, 0.3) is 21.7 Å². The Hall–Kier alpha value is -5.72. The van der Waals surface area contributed by atoms with E-state index in [4.69, 9.17) is 14.3 Å². The molecule has 2 aliphatic carbocycles. The summed E-state index contributed by atoms with van der Waals surface area (Å²) in [5.74, 6) is 0.925. The van der Waals surface area contributed by atoms with E-state index in [9.17, 15) is 19.5 Å². The summed E-state index contributed by atoms with van der Waals surface area (Å²) in [7, 11) is 3.70. The quantitative estimate of drug-likeness (QED) is 0.0698. The highest BCUT2D eigenvalue weighted by molar-refractivity contribution is 6.21. The van der Waals surface area contributed by atoms with Crippen molar-refractivity contribution in [2.75, 3.05) is 40.4 Å². The number of para-hydroxylation sites is 1. The summed E-state index contributed by atoms with van der Waals surface area (Å²) < 4.78 is 14.4. The molecular formula is C47H51N5O7. The van der Waals surface area contributed by atoms with Crippen LogP contribution in [0.5, 0.6) is 11.5 Å². The molecule has 12 nitrogen and oxygen atoms in total. The molecule has 306 valence electrons. The Kier molecular flexibility index (Phi) is 10.4. The number of piperidine rings is 1. The standard InChI is InChI=1S/C47H51N5O7/c1-51-26-22-46-42-31-18-19-38(57-2)44(42)59-45(46)36(20-21-47(46,56)39(51)27-31)50-58-29-41(54)49-24-23-48-40(53)17-4-3-9-25-52-28-35(33-14-7-8-16-37(33)52)43(55)34-15-10-12-30-11-5-6-13-32(30)34/h5-8,10-16,18-19,28,39,45,56H,3-4,9,17,20-27,29H2,1-2H3,(H,48,53)(H,49,54)/b50-36-/t39-,45+,46+,47-/m1/s1. The Morgan fingerprint density at radius 3 is 2.53 bits per heavy atom. The molecule has 4 atom stereocenters. The second-order valence-electron chi connectivity index (χ2n) is 16.5. The number of benzene rings is 4. The van der Waals surface area contributed by atoms with Gasteiger partial charge in [-0.3, -0.25) is 14.4 Å². The molecule has 9 rings (SSSR count). The number of ketones is 1. The molecule has 0 unspecified atom stereocenters. The Morgan fingerprint density at radius 2 is 1.68 bits per heavy atom. The molecule has 4 aromatic carbocycles. The zero-order valence-corrected chi connectivity index (χ0v) is 33.7. The molecular weight excluding hydrogens is 747 g/mol. The third-order valence-electron chi connectivity index (χ3n) is 13.3. The van der Waals surface area contributed by atoms with Gasteiger partial charge >= 0.3 is 0 Å². The monoisotopic (exact) mass is 797 g/mol. The minimum absolute atomic E-state index is 0.0131. The number of amides is 2. The first-order chi connectivity index (χ1) is 28.7. The molecule has 1 saturated carbocycles. The minimum atomic E-state index is -0.985. The first-order valence-corrected chi connectivity index (χ1v) is 20.9. The van der Waals surface area contributed by atoms with Crippen molar-refractivity contribution < 1.29 is 33.8 Å². The summed E-state index contributed by atoms with van der Waals surface area (Å²) in [6, 6.07) is 25.8. The predicted octanol–water partition coefficient (Wildman–Crippen LogP) is 5.68. The van der Waals surface area contributed by atoms with Crippen molar-refractivity contribution in [3.05, 3.63) is 107 Å². The number of unbranched alkanes of at least 4 members (excludes halogenated alkanes) is 2. The van der Waals surface area contributed by atoms with E-state index in [-0.39, 0.29) is 36.8 Å². The van der Waals surface area contributed by atoms with Gasteiger partial charge in [0.1, 0.15) is 0 Å². The van der Waals surface area contributed by atoms with Gasteiger partial charge in [-0.1, -0.05) is 78.3 Å². The van der Waals surface area contributed by atoms with Crippen LogP contribution in [0.3, 0.4) is 0 Å². The van der Waals surface area contributed by atoms with Gasteiger partial charge in [-0.05, 0) is 80.6 Å². The van der Waals surface area contributed by atoms with Crippen LogP contribution in [0.4, 0.5) is 0 Å². The molecule has 12 heteroatoms. The van der Waals surface area contributed by atoms with Crippen molar-refractivity contribution >= 4 is 45.0 Å². The Balaban J connectivity index is 0.717. The summed E-state index contributed by atoms with van der Waals surface area (Å²) in [5.41, 5.74) is 3.65. The maximum Gasteiger partial charge on any atom is 0.260 e. The molecule has 2 fully saturated rings. The number of aromatic nitrogens is 1. The van der Waals surface area contributed by atoms with Crippen LogP contribution < -0.4 is 20.1 Å². The fourth-order valence-corrected chi connectivity index (χ4v) is 10.4. The Bertz CT molecular complexity index is 2470. The van der Waals surface area contributed by atoms with Crippen LogP contribution >= 0.6 is 0 Å². The van der Waals surface area contributed by atoms with Gasteiger partial charge in [-0.25, -0.2) is 0 Å². The lowest BCUT2D eigenvalue weighted by atomic mass is 9.49. The molecule has 1 aromatic heterocycles. The summed E-state index contributed by atoms with van der Waals surface area (Å²) >= 11 is 0. The van der Waals surface area contributed by atoms with Gasteiger partial charge in [0, 0.05) is 65.9 Å². The molecule has 5 aromatic rings. The summed E-state index contributed by atoms with van der Waals surface area (Å²) in [6.45, 7) is 1.85. The number of fused-ring (bicyclic) bond motifs is 2. The van der Waals surface area contributed by atoms with Crippen LogP contribution in [-0.2, 0) is 32.8 Å². The SMILES string of the molecule is COc1ccc2c3c1O[C@H]1/C(=N\OCC(=O)NCCNC(=O)CCCCCn4cc(C(=O)c5cccc6ccccc56)c5ccccc54)CC[C@@]4(O)[C@@H](C2)N(C)CC[C@]314. The number of aryl methyl sites for hydroxylation is 1. The lowest BCUT2D eigenvalue weighted by molar-refractivity contribution is -0.161. The summed E-state index contributed by atoms with van der Waals surface area (Å²) in [4.78, 5) is 46.9. The zero-order chi connectivity index (χ0) is 40.7. The van der Waals surface area contributed by atoms with Gasteiger partial charge in [0.15, 0.2) is 30.0 Å². The van der Waals surface area contributed by atoms with Gasteiger partial charge < -0.3 is 39.5 Å². The normalized spacial score (nSPS) is 23.5. The molecule has 2 amide bonds. The maximum absolute atomic E-state index is 13.8. The summed E-state index contributed by atoms with van der Waals surface area (Å²) in [6.07, 6.45) is 6.76. The first-order valence-electron chi connectivity index (χ1n) is 20.9. The third-order valence-corrected chi connectivity index (χ3v) is 13.3. The average molecular weight is 798 g/mol. The van der Waals surface area contributed by atoms with E-state index in [1.54, 1.807) is 7.11 Å². The van der Waals surface area contributed by atoms with Gasteiger partial charge in [0.05, 0.1) is 23.8 Å². The van der Waals surface area contributed by atoms with Crippen molar-refractivity contribution in [1.82, 2.24) is 20.1 Å². The van der Waals surface area contributed by atoms with E-state index in [2.05, 4.69) is 38.4 Å². The fraction of sp³-hybridized carbons (Fsp3) is 0.404. The largest absolute Gasteiger partial charge is 0.493 e. The van der Waals surface area contributed by atoms with Crippen LogP contribution in [-0.4, -0.2) is 96.0 Å². The van der Waals surface area contributed by atoms with E-state index in [0.29, 0.717) is 60.6 Å². The van der Waals surface area contributed by atoms with Gasteiger partial charge in [-0.15, -0.1) is 0 Å². The number of ether oxygens (including phenoxy) is 2. The lowest BCUT2D eigenvalue weighted by Crippen LogP contribution is -2.76. The van der Waals surface area contributed by atoms with E-state index >= 15 is 0 Å². The van der Waals surface area contributed by atoms with Crippen LogP contribution in [0.15, 0.2) is 90.2 Å². The number of nitrogens with one attached hydrogen (secondary N) is 2. The van der Waals surface area contributed by atoms with Gasteiger partial charge in [-0.2, -0.15) is 0 Å². The van der Waals surface area contributed by atoms with E-state index in [1.165, 1.54) is 5.56 Å². The van der Waals surface area contributed by atoms with Crippen molar-refractivity contribution in [2.45, 2.75) is 81.1 Å². The van der Waals surface area contributed by atoms with Crippen molar-refractivity contribution in [1.29, 1.82) is 0 Å². The van der Waals surface area contributed by atoms with E-state index in [0.717, 1.165) is 66.0 Å². The van der Waals surface area contributed by atoms with Crippen molar-refractivity contribution in [3.63, 3.8) is 0 Å². The number of carbonyl (C=O) groups excluding carboxylic acids is 3. The number of likely N-dealkylation sites (N-methyl/N-ethyl adjacent to an activating group) is 1. The Morgan fingerprint density at radius 1 is 0.898 bits per heavy atom. The second kappa shape index (κ2) is 15.8. The average Bonchev–Trinajstić information content (AvgIpc) is 3.80. The van der Waals surface area contributed by atoms with E-state index < -0.39 is 17.1 Å². The molecule has 1 saturated heterocycles. The fourth-order valence-electron chi connectivity index (χ4n) is 10.4. The van der Waals surface area contributed by atoms with Crippen LogP contribution in [0, 0.1) is 0 Å². The number of aliphatic hydroxyl groups is 1. The molecule has 59 heavy (non-hydrogen) atoms.